The molecular formula is C11H24N2S. The molecule has 1 aliphatic heterocycles. The molecule has 1 heterocycles. The minimum Gasteiger partial charge on any atom is -0.312 e. The SMILES string of the molecule is CCC(C)N(C)CCC1CSCCN1. The van der Waals surface area contributed by atoms with Crippen LogP contribution in [0.3, 0.4) is 0 Å². The molecule has 0 saturated carbocycles. The van der Waals surface area contributed by atoms with Gasteiger partial charge >= 0.3 is 0 Å². The van der Waals surface area contributed by atoms with Gasteiger partial charge in [0.1, 0.15) is 0 Å². The van der Waals surface area contributed by atoms with Crippen LogP contribution in [0.1, 0.15) is 26.7 Å². The Morgan fingerprint density at radius 1 is 1.57 bits per heavy atom. The Bertz CT molecular complexity index is 144. The van der Waals surface area contributed by atoms with Crippen LogP contribution in [-0.2, 0) is 0 Å². The predicted octanol–water partition coefficient (Wildman–Crippen LogP) is 1.81. The first-order valence-electron chi connectivity index (χ1n) is 5.75. The topological polar surface area (TPSA) is 15.3 Å². The summed E-state index contributed by atoms with van der Waals surface area (Å²) >= 11 is 2.09. The predicted molar refractivity (Wildman–Crippen MR) is 66.1 cm³/mol. The van der Waals surface area contributed by atoms with Crippen LogP contribution >= 0.6 is 11.8 Å². The molecule has 0 aliphatic carbocycles. The number of nitrogens with zero attached hydrogens (tertiary/aromatic N) is 1. The molecule has 0 amide bonds. The molecule has 1 fully saturated rings. The summed E-state index contributed by atoms with van der Waals surface area (Å²) in [4.78, 5) is 2.47. The largest absolute Gasteiger partial charge is 0.312 e. The Balaban J connectivity index is 2.12. The van der Waals surface area contributed by atoms with Crippen molar-refractivity contribution in [3.8, 4) is 0 Å². The number of hydrogen-bond donors (Lipinski definition) is 1. The number of thioether (sulfide) groups is 1. The summed E-state index contributed by atoms with van der Waals surface area (Å²) in [6, 6.07) is 1.48. The Hall–Kier alpha value is 0.270. The van der Waals surface area contributed by atoms with Crippen LogP contribution in [0.25, 0.3) is 0 Å². The third-order valence-electron chi connectivity index (χ3n) is 3.17. The molecule has 0 spiro atoms. The van der Waals surface area contributed by atoms with Gasteiger partial charge in [-0.3, -0.25) is 0 Å². The first-order valence-corrected chi connectivity index (χ1v) is 6.91. The van der Waals surface area contributed by atoms with Gasteiger partial charge in [0.25, 0.3) is 0 Å². The normalized spacial score (nSPS) is 25.3. The van der Waals surface area contributed by atoms with Gasteiger partial charge in [-0.1, -0.05) is 6.92 Å². The second kappa shape index (κ2) is 6.70. The third-order valence-corrected chi connectivity index (χ3v) is 4.30. The molecular weight excluding hydrogens is 192 g/mol. The van der Waals surface area contributed by atoms with Gasteiger partial charge in [-0.2, -0.15) is 11.8 Å². The highest BCUT2D eigenvalue weighted by Crippen LogP contribution is 2.11. The molecule has 2 atom stereocenters. The molecule has 3 heteroatoms. The van der Waals surface area contributed by atoms with Gasteiger partial charge in [-0.05, 0) is 33.4 Å². The lowest BCUT2D eigenvalue weighted by atomic mass is 10.2. The van der Waals surface area contributed by atoms with Crippen molar-refractivity contribution in [2.45, 2.75) is 38.8 Å². The zero-order valence-corrected chi connectivity index (χ0v) is 10.6. The molecule has 0 aromatic carbocycles. The van der Waals surface area contributed by atoms with Crippen LogP contribution in [-0.4, -0.2) is 48.6 Å². The van der Waals surface area contributed by atoms with E-state index in [2.05, 4.69) is 42.9 Å². The van der Waals surface area contributed by atoms with E-state index in [9.17, 15) is 0 Å². The molecule has 1 N–H and O–H groups in total. The van der Waals surface area contributed by atoms with Gasteiger partial charge in [0, 0.05) is 30.1 Å². The van der Waals surface area contributed by atoms with Crippen LogP contribution in [0.15, 0.2) is 0 Å². The fourth-order valence-electron chi connectivity index (χ4n) is 1.70. The Labute approximate surface area is 92.8 Å². The summed E-state index contributed by atoms with van der Waals surface area (Å²) < 4.78 is 0. The molecule has 2 nitrogen and oxygen atoms in total. The maximum Gasteiger partial charge on any atom is 0.0170 e. The number of nitrogens with one attached hydrogen (secondary N) is 1. The van der Waals surface area contributed by atoms with E-state index >= 15 is 0 Å². The summed E-state index contributed by atoms with van der Waals surface area (Å²) in [5, 5.41) is 3.58. The van der Waals surface area contributed by atoms with Crippen molar-refractivity contribution < 1.29 is 0 Å². The Morgan fingerprint density at radius 3 is 2.93 bits per heavy atom. The number of rotatable bonds is 5. The summed E-state index contributed by atoms with van der Waals surface area (Å²) in [6.07, 6.45) is 2.55. The summed E-state index contributed by atoms with van der Waals surface area (Å²) in [7, 11) is 2.24. The second-order valence-corrected chi connectivity index (χ2v) is 5.40. The van der Waals surface area contributed by atoms with Gasteiger partial charge in [-0.25, -0.2) is 0 Å². The van der Waals surface area contributed by atoms with Crippen LogP contribution in [0.2, 0.25) is 0 Å². The average molecular weight is 216 g/mol. The zero-order chi connectivity index (χ0) is 10.4. The van der Waals surface area contributed by atoms with Crippen molar-refractivity contribution in [2.75, 3.05) is 31.6 Å². The standard InChI is InChI=1S/C11H24N2S/c1-4-10(2)13(3)7-5-11-9-14-8-6-12-11/h10-12H,4-9H2,1-3H3. The maximum absolute atomic E-state index is 3.58. The lowest BCUT2D eigenvalue weighted by Gasteiger charge is -2.28. The molecule has 84 valence electrons. The van der Waals surface area contributed by atoms with Crippen molar-refractivity contribution in [3.05, 3.63) is 0 Å². The molecule has 0 aromatic heterocycles. The highest BCUT2D eigenvalue weighted by Gasteiger charge is 2.14. The van der Waals surface area contributed by atoms with Crippen molar-refractivity contribution in [2.24, 2.45) is 0 Å². The zero-order valence-electron chi connectivity index (χ0n) is 9.75. The van der Waals surface area contributed by atoms with Crippen molar-refractivity contribution in [1.29, 1.82) is 0 Å². The highest BCUT2D eigenvalue weighted by molar-refractivity contribution is 7.99. The smallest absolute Gasteiger partial charge is 0.0170 e. The van der Waals surface area contributed by atoms with Gasteiger partial charge < -0.3 is 10.2 Å². The monoisotopic (exact) mass is 216 g/mol. The quantitative estimate of drug-likeness (QED) is 0.754. The molecule has 0 aromatic rings. The molecule has 1 saturated heterocycles. The molecule has 2 unspecified atom stereocenters. The van der Waals surface area contributed by atoms with Gasteiger partial charge in [0.15, 0.2) is 0 Å². The van der Waals surface area contributed by atoms with Crippen molar-refractivity contribution in [3.63, 3.8) is 0 Å². The maximum atomic E-state index is 3.58. The van der Waals surface area contributed by atoms with Gasteiger partial charge in [0.2, 0.25) is 0 Å². The Kier molecular flexibility index (Phi) is 5.90. The molecule has 0 bridgehead atoms. The van der Waals surface area contributed by atoms with Gasteiger partial charge in [0.05, 0.1) is 0 Å². The summed E-state index contributed by atoms with van der Waals surface area (Å²) in [5.74, 6) is 2.59. The van der Waals surface area contributed by atoms with E-state index in [0.717, 1.165) is 12.1 Å². The fraction of sp³-hybridized carbons (Fsp3) is 1.00. The van der Waals surface area contributed by atoms with E-state index in [0.29, 0.717) is 0 Å². The van der Waals surface area contributed by atoms with Crippen molar-refractivity contribution in [1.82, 2.24) is 10.2 Å². The van der Waals surface area contributed by atoms with E-state index in [-0.39, 0.29) is 0 Å². The molecule has 1 aliphatic rings. The number of hydrogen-bond acceptors (Lipinski definition) is 3. The Morgan fingerprint density at radius 2 is 2.36 bits per heavy atom. The minimum absolute atomic E-state index is 0.728. The first-order chi connectivity index (χ1) is 6.74. The first kappa shape index (κ1) is 12.3. The second-order valence-electron chi connectivity index (χ2n) is 4.25. The minimum atomic E-state index is 0.728. The summed E-state index contributed by atoms with van der Waals surface area (Å²) in [6.45, 7) is 6.99. The van der Waals surface area contributed by atoms with E-state index < -0.39 is 0 Å². The van der Waals surface area contributed by atoms with Crippen LogP contribution in [0, 0.1) is 0 Å². The van der Waals surface area contributed by atoms with E-state index in [4.69, 9.17) is 0 Å². The summed E-state index contributed by atoms with van der Waals surface area (Å²) in [5.41, 5.74) is 0. The van der Waals surface area contributed by atoms with Gasteiger partial charge in [-0.15, -0.1) is 0 Å². The average Bonchev–Trinajstić information content (AvgIpc) is 2.26. The molecule has 1 rings (SSSR count). The van der Waals surface area contributed by atoms with E-state index in [1.54, 1.807) is 0 Å². The van der Waals surface area contributed by atoms with Crippen LogP contribution < -0.4 is 5.32 Å². The van der Waals surface area contributed by atoms with Crippen LogP contribution in [0.5, 0.6) is 0 Å². The fourth-order valence-corrected chi connectivity index (χ4v) is 2.69. The molecule has 14 heavy (non-hydrogen) atoms. The highest BCUT2D eigenvalue weighted by atomic mass is 32.2. The lowest BCUT2D eigenvalue weighted by molar-refractivity contribution is 0.240. The third kappa shape index (κ3) is 4.20. The van der Waals surface area contributed by atoms with E-state index in [1.165, 1.54) is 37.4 Å². The van der Waals surface area contributed by atoms with E-state index in [1.807, 2.05) is 0 Å². The lowest BCUT2D eigenvalue weighted by Crippen LogP contribution is -2.40. The van der Waals surface area contributed by atoms with Crippen LogP contribution in [0.4, 0.5) is 0 Å². The van der Waals surface area contributed by atoms with Crippen molar-refractivity contribution >= 4 is 11.8 Å². The molecule has 0 radical (unpaired) electrons.